The minimum Gasteiger partial charge on any atom is -0.477 e. The molecule has 0 radical (unpaired) electrons. The Morgan fingerprint density at radius 1 is 1.52 bits per heavy atom. The van der Waals surface area contributed by atoms with E-state index >= 15 is 0 Å². The fourth-order valence-electron chi connectivity index (χ4n) is 2.64. The number of hydrogen-bond acceptors (Lipinski definition) is 8. The van der Waals surface area contributed by atoms with E-state index in [-0.39, 0.29) is 12.2 Å². The summed E-state index contributed by atoms with van der Waals surface area (Å²) in [4.78, 5) is 37.2. The summed E-state index contributed by atoms with van der Waals surface area (Å²) in [5, 5.41) is 22.2. The third-order valence-corrected chi connectivity index (χ3v) is 6.07. The number of carbonyl (C=O) groups excluding carboxylic acids is 2. The lowest BCUT2D eigenvalue weighted by molar-refractivity contribution is -0.148. The second-order valence-corrected chi connectivity index (χ2v) is 7.70. The van der Waals surface area contributed by atoms with Crippen LogP contribution in [0.15, 0.2) is 33.6 Å². The van der Waals surface area contributed by atoms with Crippen molar-refractivity contribution in [2.45, 2.75) is 23.6 Å². The summed E-state index contributed by atoms with van der Waals surface area (Å²) in [5.74, 6) is -0.479. The molecular formula is C15H17N5O5S2. The Kier molecular flexibility index (Phi) is 5.75. The highest BCUT2D eigenvalue weighted by Gasteiger charge is 2.54. The van der Waals surface area contributed by atoms with Crippen LogP contribution in [0, 0.1) is 6.92 Å². The van der Waals surface area contributed by atoms with Gasteiger partial charge in [-0.05, 0) is 5.57 Å². The van der Waals surface area contributed by atoms with E-state index in [2.05, 4.69) is 27.4 Å². The first kappa shape index (κ1) is 19.3. The Hall–Kier alpha value is -2.47. The van der Waals surface area contributed by atoms with Gasteiger partial charge in [-0.3, -0.25) is 9.69 Å². The molecule has 12 heteroatoms. The molecule has 2 atom stereocenters. The van der Waals surface area contributed by atoms with Gasteiger partial charge in [-0.25, -0.2) is 9.59 Å². The molecule has 3 heterocycles. The van der Waals surface area contributed by atoms with Crippen molar-refractivity contribution in [3.63, 3.8) is 0 Å². The van der Waals surface area contributed by atoms with Crippen molar-refractivity contribution in [3.8, 4) is 0 Å². The van der Waals surface area contributed by atoms with E-state index in [0.29, 0.717) is 28.2 Å². The molecule has 3 rings (SSSR count). The van der Waals surface area contributed by atoms with Gasteiger partial charge >= 0.3 is 12.0 Å². The predicted molar refractivity (Wildman–Crippen MR) is 98.0 cm³/mol. The normalized spacial score (nSPS) is 21.4. The molecular weight excluding hydrogens is 394 g/mol. The maximum atomic E-state index is 12.4. The molecule has 0 spiro atoms. The highest BCUT2D eigenvalue weighted by molar-refractivity contribution is 8.01. The minimum absolute atomic E-state index is 0.0444. The zero-order chi connectivity index (χ0) is 19.6. The number of thioether (sulfide) groups is 2. The van der Waals surface area contributed by atoms with Crippen LogP contribution in [0.2, 0.25) is 0 Å². The minimum atomic E-state index is -1.18. The Morgan fingerprint density at radius 2 is 2.30 bits per heavy atom. The highest BCUT2D eigenvalue weighted by atomic mass is 32.2. The average Bonchev–Trinajstić information content (AvgIpc) is 3.06. The molecule has 3 amide bonds. The first-order valence-corrected chi connectivity index (χ1v) is 9.94. The van der Waals surface area contributed by atoms with Crippen molar-refractivity contribution in [1.29, 1.82) is 0 Å². The Bertz CT molecular complexity index is 823. The van der Waals surface area contributed by atoms with Crippen LogP contribution in [0.5, 0.6) is 0 Å². The Labute approximate surface area is 162 Å². The number of fused-ring (bicyclic) bond motifs is 1. The maximum Gasteiger partial charge on any atom is 0.352 e. The summed E-state index contributed by atoms with van der Waals surface area (Å²) in [7, 11) is 0. The molecule has 0 aliphatic carbocycles. The fourth-order valence-corrected chi connectivity index (χ4v) is 4.93. The SMILES string of the molecule is C=CCNC(=O)NC1C(=O)N2C(C(=O)O)=C(CSc3nnc(C)o3)CS[C@H]12. The number of rotatable bonds is 7. The van der Waals surface area contributed by atoms with Crippen LogP contribution in [-0.2, 0) is 9.59 Å². The van der Waals surface area contributed by atoms with E-state index in [1.165, 1.54) is 34.5 Å². The number of amides is 3. The first-order chi connectivity index (χ1) is 12.9. The smallest absolute Gasteiger partial charge is 0.352 e. The average molecular weight is 411 g/mol. The standard InChI is InChI=1S/C15H17N5O5S2/c1-3-4-16-14(24)17-9-11(21)20-10(13(22)23)8(5-26-12(9)20)6-27-15-19-18-7(2)25-15/h3,9,12H,1,4-6H2,2H3,(H,22,23)(H2,16,17,24)/t9?,12-/m1/s1. The van der Waals surface area contributed by atoms with Gasteiger partial charge in [-0.15, -0.1) is 28.5 Å². The largest absolute Gasteiger partial charge is 0.477 e. The number of aliphatic carboxylic acids is 1. The van der Waals surface area contributed by atoms with Gasteiger partial charge in [0.15, 0.2) is 0 Å². The molecule has 0 saturated carbocycles. The van der Waals surface area contributed by atoms with E-state index in [9.17, 15) is 19.5 Å². The molecule has 1 aromatic heterocycles. The zero-order valence-electron chi connectivity index (χ0n) is 14.3. The van der Waals surface area contributed by atoms with Crippen LogP contribution in [-0.4, -0.2) is 67.6 Å². The van der Waals surface area contributed by atoms with Crippen LogP contribution in [0.3, 0.4) is 0 Å². The molecule has 144 valence electrons. The number of nitrogens with one attached hydrogen (secondary N) is 2. The number of aryl methyl sites for hydroxylation is 1. The summed E-state index contributed by atoms with van der Waals surface area (Å²) in [6, 6.07) is -1.26. The van der Waals surface area contributed by atoms with E-state index < -0.39 is 29.3 Å². The lowest BCUT2D eigenvalue weighted by atomic mass is 10.0. The second kappa shape index (κ2) is 8.05. The lowest BCUT2D eigenvalue weighted by Gasteiger charge is -2.49. The third-order valence-electron chi connectivity index (χ3n) is 3.82. The van der Waals surface area contributed by atoms with Crippen LogP contribution in [0.25, 0.3) is 0 Å². The summed E-state index contributed by atoms with van der Waals surface area (Å²) in [6.07, 6.45) is 1.52. The Morgan fingerprint density at radius 3 is 2.93 bits per heavy atom. The van der Waals surface area contributed by atoms with Crippen molar-refractivity contribution in [1.82, 2.24) is 25.7 Å². The van der Waals surface area contributed by atoms with Crippen molar-refractivity contribution in [2.75, 3.05) is 18.1 Å². The summed E-state index contributed by atoms with van der Waals surface area (Å²) in [6.45, 7) is 5.43. The number of urea groups is 1. The third kappa shape index (κ3) is 3.95. The molecule has 1 aromatic rings. The molecule has 1 unspecified atom stereocenters. The van der Waals surface area contributed by atoms with Crippen LogP contribution in [0.1, 0.15) is 5.89 Å². The molecule has 3 N–H and O–H groups in total. The van der Waals surface area contributed by atoms with E-state index in [1.807, 2.05) is 0 Å². The van der Waals surface area contributed by atoms with E-state index in [0.717, 1.165) is 0 Å². The molecule has 1 saturated heterocycles. The molecule has 10 nitrogen and oxygen atoms in total. The van der Waals surface area contributed by atoms with Crippen molar-refractivity contribution >= 4 is 41.4 Å². The highest BCUT2D eigenvalue weighted by Crippen LogP contribution is 2.41. The molecule has 0 bridgehead atoms. The number of carbonyl (C=O) groups is 3. The van der Waals surface area contributed by atoms with Gasteiger partial charge in [-0.1, -0.05) is 17.8 Å². The van der Waals surface area contributed by atoms with Crippen LogP contribution >= 0.6 is 23.5 Å². The molecule has 2 aliphatic rings. The monoisotopic (exact) mass is 411 g/mol. The number of hydrogen-bond donors (Lipinski definition) is 3. The number of aromatic nitrogens is 2. The predicted octanol–water partition coefficient (Wildman–Crippen LogP) is 0.578. The molecule has 27 heavy (non-hydrogen) atoms. The zero-order valence-corrected chi connectivity index (χ0v) is 15.9. The lowest BCUT2D eigenvalue weighted by Crippen LogP contribution is -2.71. The Balaban J connectivity index is 1.70. The van der Waals surface area contributed by atoms with Crippen molar-refractivity contribution in [3.05, 3.63) is 29.8 Å². The number of nitrogens with zero attached hydrogens (tertiary/aromatic N) is 3. The summed E-state index contributed by atoms with van der Waals surface area (Å²) < 4.78 is 5.27. The molecule has 1 fully saturated rings. The van der Waals surface area contributed by atoms with Crippen LogP contribution in [0.4, 0.5) is 4.79 Å². The van der Waals surface area contributed by atoms with Crippen LogP contribution < -0.4 is 10.6 Å². The van der Waals surface area contributed by atoms with Crippen molar-refractivity contribution in [2.24, 2.45) is 0 Å². The number of carboxylic acids is 1. The van der Waals surface area contributed by atoms with Gasteiger partial charge in [0.05, 0.1) is 0 Å². The maximum absolute atomic E-state index is 12.4. The fraction of sp³-hybridized carbons (Fsp3) is 0.400. The van der Waals surface area contributed by atoms with E-state index in [4.69, 9.17) is 4.42 Å². The molecule has 0 aromatic carbocycles. The van der Waals surface area contributed by atoms with Crippen molar-refractivity contribution < 1.29 is 23.9 Å². The molecule has 2 aliphatic heterocycles. The summed E-state index contributed by atoms with van der Waals surface area (Å²) >= 11 is 2.62. The first-order valence-electron chi connectivity index (χ1n) is 7.90. The van der Waals surface area contributed by atoms with Gasteiger partial charge in [0.1, 0.15) is 17.1 Å². The number of β-lactam (4-membered cyclic amide) rings is 1. The van der Waals surface area contributed by atoms with Gasteiger partial charge in [0.25, 0.3) is 11.1 Å². The summed E-state index contributed by atoms with van der Waals surface area (Å²) in [5.41, 5.74) is 0.546. The van der Waals surface area contributed by atoms with Gasteiger partial charge in [0, 0.05) is 25.0 Å². The quantitative estimate of drug-likeness (QED) is 0.334. The number of carboxylic acid groups (broad SMARTS) is 1. The second-order valence-electron chi connectivity index (χ2n) is 5.66. The van der Waals surface area contributed by atoms with E-state index in [1.54, 1.807) is 6.92 Å². The topological polar surface area (TPSA) is 138 Å². The van der Waals surface area contributed by atoms with Gasteiger partial charge in [-0.2, -0.15) is 0 Å². The van der Waals surface area contributed by atoms with Gasteiger partial charge in [0.2, 0.25) is 5.89 Å². The van der Waals surface area contributed by atoms with Gasteiger partial charge < -0.3 is 20.2 Å².